The second-order valence-electron chi connectivity index (χ2n) is 4.43. The van der Waals surface area contributed by atoms with Crippen molar-refractivity contribution in [2.24, 2.45) is 5.92 Å². The molecule has 18 heavy (non-hydrogen) atoms. The summed E-state index contributed by atoms with van der Waals surface area (Å²) >= 11 is 0. The minimum atomic E-state index is 0. The van der Waals surface area contributed by atoms with E-state index < -0.39 is 0 Å². The van der Waals surface area contributed by atoms with Crippen LogP contribution in [0.1, 0.15) is 18.1 Å². The lowest BCUT2D eigenvalue weighted by molar-refractivity contribution is -0.124. The zero-order valence-corrected chi connectivity index (χ0v) is 12.1. The summed E-state index contributed by atoms with van der Waals surface area (Å²) in [5.74, 6) is 0.143. The molecule has 1 amide bonds. The van der Waals surface area contributed by atoms with Gasteiger partial charge in [-0.05, 0) is 31.5 Å². The first kappa shape index (κ1) is 16.9. The van der Waals surface area contributed by atoms with Crippen molar-refractivity contribution in [1.29, 1.82) is 0 Å². The monoisotopic (exact) mass is 270 g/mol. The summed E-state index contributed by atoms with van der Waals surface area (Å²) < 4.78 is 0. The third-order valence-electron chi connectivity index (χ3n) is 2.91. The molecule has 3 nitrogen and oxygen atoms in total. The highest BCUT2D eigenvalue weighted by atomic mass is 35.5. The molecular formula is C14H23ClN2O. The molecule has 1 aromatic rings. The second kappa shape index (κ2) is 8.95. The van der Waals surface area contributed by atoms with E-state index in [1.165, 1.54) is 11.1 Å². The van der Waals surface area contributed by atoms with Gasteiger partial charge < -0.3 is 10.6 Å². The SMILES string of the molecule is CNCC(C)C(=O)NCCc1ccccc1C.Cl. The van der Waals surface area contributed by atoms with Gasteiger partial charge in [0.25, 0.3) is 0 Å². The predicted octanol–water partition coefficient (Wildman–Crippen LogP) is 1.93. The minimum Gasteiger partial charge on any atom is -0.355 e. The van der Waals surface area contributed by atoms with Crippen LogP contribution in [0.5, 0.6) is 0 Å². The summed E-state index contributed by atoms with van der Waals surface area (Å²) in [7, 11) is 1.86. The summed E-state index contributed by atoms with van der Waals surface area (Å²) in [6.07, 6.45) is 0.894. The fourth-order valence-electron chi connectivity index (χ4n) is 1.78. The molecule has 0 saturated heterocycles. The quantitative estimate of drug-likeness (QED) is 0.829. The van der Waals surface area contributed by atoms with E-state index >= 15 is 0 Å². The maximum atomic E-state index is 11.7. The molecule has 0 aliphatic rings. The lowest BCUT2D eigenvalue weighted by atomic mass is 10.1. The van der Waals surface area contributed by atoms with Crippen LogP contribution in [0.15, 0.2) is 24.3 Å². The third kappa shape index (κ3) is 5.52. The van der Waals surface area contributed by atoms with Crippen molar-refractivity contribution < 1.29 is 4.79 Å². The molecule has 0 saturated carbocycles. The van der Waals surface area contributed by atoms with Gasteiger partial charge in [-0.15, -0.1) is 12.4 Å². The Hall–Kier alpha value is -1.06. The lowest BCUT2D eigenvalue weighted by Gasteiger charge is -2.12. The van der Waals surface area contributed by atoms with Crippen LogP contribution in [0.25, 0.3) is 0 Å². The second-order valence-corrected chi connectivity index (χ2v) is 4.43. The van der Waals surface area contributed by atoms with E-state index in [1.807, 2.05) is 26.1 Å². The molecule has 0 aromatic heterocycles. The molecule has 0 spiro atoms. The van der Waals surface area contributed by atoms with Crippen LogP contribution in [0, 0.1) is 12.8 Å². The number of hydrogen-bond donors (Lipinski definition) is 2. The molecular weight excluding hydrogens is 248 g/mol. The molecule has 0 fully saturated rings. The smallest absolute Gasteiger partial charge is 0.224 e. The number of carbonyl (C=O) groups is 1. The van der Waals surface area contributed by atoms with Gasteiger partial charge >= 0.3 is 0 Å². The number of aryl methyl sites for hydroxylation is 1. The first-order valence-corrected chi connectivity index (χ1v) is 6.12. The Bertz CT molecular complexity index is 369. The molecule has 1 unspecified atom stereocenters. The number of halogens is 1. The van der Waals surface area contributed by atoms with Crippen LogP contribution in [-0.4, -0.2) is 26.0 Å². The maximum absolute atomic E-state index is 11.7. The van der Waals surface area contributed by atoms with Crippen LogP contribution in [0.3, 0.4) is 0 Å². The molecule has 1 aromatic carbocycles. The molecule has 0 aliphatic heterocycles. The summed E-state index contributed by atoms with van der Waals surface area (Å²) in [6, 6.07) is 8.28. The van der Waals surface area contributed by atoms with Crippen LogP contribution in [0.2, 0.25) is 0 Å². The van der Waals surface area contributed by atoms with Crippen LogP contribution in [-0.2, 0) is 11.2 Å². The van der Waals surface area contributed by atoms with Crippen molar-refractivity contribution in [2.45, 2.75) is 20.3 Å². The minimum absolute atomic E-state index is 0. The summed E-state index contributed by atoms with van der Waals surface area (Å²) in [5, 5.41) is 5.97. The predicted molar refractivity (Wildman–Crippen MR) is 78.2 cm³/mol. The van der Waals surface area contributed by atoms with E-state index in [4.69, 9.17) is 0 Å². The van der Waals surface area contributed by atoms with Crippen LogP contribution < -0.4 is 10.6 Å². The highest BCUT2D eigenvalue weighted by molar-refractivity contribution is 5.85. The number of rotatable bonds is 6. The Balaban J connectivity index is 0.00000289. The Morgan fingerprint density at radius 2 is 2.00 bits per heavy atom. The van der Waals surface area contributed by atoms with Gasteiger partial charge in [-0.25, -0.2) is 0 Å². The van der Waals surface area contributed by atoms with Crippen LogP contribution >= 0.6 is 12.4 Å². The van der Waals surface area contributed by atoms with E-state index in [0.29, 0.717) is 6.54 Å². The molecule has 0 radical (unpaired) electrons. The van der Waals surface area contributed by atoms with Crippen molar-refractivity contribution in [1.82, 2.24) is 10.6 Å². The van der Waals surface area contributed by atoms with Crippen molar-refractivity contribution in [2.75, 3.05) is 20.1 Å². The Morgan fingerprint density at radius 3 is 2.61 bits per heavy atom. The first-order valence-electron chi connectivity index (χ1n) is 6.12. The lowest BCUT2D eigenvalue weighted by Crippen LogP contribution is -2.35. The highest BCUT2D eigenvalue weighted by Gasteiger charge is 2.10. The largest absolute Gasteiger partial charge is 0.355 e. The van der Waals surface area contributed by atoms with Crippen molar-refractivity contribution in [3.63, 3.8) is 0 Å². The molecule has 102 valence electrons. The van der Waals surface area contributed by atoms with E-state index in [1.54, 1.807) is 0 Å². The molecule has 0 heterocycles. The van der Waals surface area contributed by atoms with Gasteiger partial charge in [0.1, 0.15) is 0 Å². The molecule has 2 N–H and O–H groups in total. The number of nitrogens with one attached hydrogen (secondary N) is 2. The standard InChI is InChI=1S/C14H22N2O.ClH/c1-11-6-4-5-7-13(11)8-9-16-14(17)12(2)10-15-3;/h4-7,12,15H,8-10H2,1-3H3,(H,16,17);1H. The summed E-state index contributed by atoms with van der Waals surface area (Å²) in [6.45, 7) is 5.45. The van der Waals surface area contributed by atoms with Gasteiger partial charge in [0.05, 0.1) is 0 Å². The Morgan fingerprint density at radius 1 is 1.33 bits per heavy atom. The molecule has 1 rings (SSSR count). The zero-order valence-electron chi connectivity index (χ0n) is 11.3. The fourth-order valence-corrected chi connectivity index (χ4v) is 1.78. The van der Waals surface area contributed by atoms with E-state index in [2.05, 4.69) is 29.7 Å². The Kier molecular flexibility index (Phi) is 8.42. The Labute approximate surface area is 116 Å². The maximum Gasteiger partial charge on any atom is 0.224 e. The average molecular weight is 271 g/mol. The van der Waals surface area contributed by atoms with Gasteiger partial charge in [0.2, 0.25) is 5.91 Å². The first-order chi connectivity index (χ1) is 8.15. The van der Waals surface area contributed by atoms with Crippen LogP contribution in [0.4, 0.5) is 0 Å². The third-order valence-corrected chi connectivity index (χ3v) is 2.91. The van der Waals surface area contributed by atoms with Gasteiger partial charge in [0, 0.05) is 19.0 Å². The topological polar surface area (TPSA) is 41.1 Å². The molecule has 0 aliphatic carbocycles. The number of carbonyl (C=O) groups excluding carboxylic acids is 1. The number of benzene rings is 1. The summed E-state index contributed by atoms with van der Waals surface area (Å²) in [5.41, 5.74) is 2.58. The van der Waals surface area contributed by atoms with Gasteiger partial charge in [-0.3, -0.25) is 4.79 Å². The highest BCUT2D eigenvalue weighted by Crippen LogP contribution is 2.06. The van der Waals surface area contributed by atoms with Crippen molar-refractivity contribution >= 4 is 18.3 Å². The molecule has 0 bridgehead atoms. The molecule has 4 heteroatoms. The normalized spacial score (nSPS) is 11.5. The fraction of sp³-hybridized carbons (Fsp3) is 0.500. The van der Waals surface area contributed by atoms with Gasteiger partial charge in [-0.2, -0.15) is 0 Å². The average Bonchev–Trinajstić information content (AvgIpc) is 2.31. The number of hydrogen-bond acceptors (Lipinski definition) is 2. The van der Waals surface area contributed by atoms with Gasteiger partial charge in [0.15, 0.2) is 0 Å². The zero-order chi connectivity index (χ0) is 12.7. The number of amides is 1. The van der Waals surface area contributed by atoms with E-state index in [0.717, 1.165) is 13.0 Å². The van der Waals surface area contributed by atoms with E-state index in [9.17, 15) is 4.79 Å². The van der Waals surface area contributed by atoms with Crippen molar-refractivity contribution in [3.05, 3.63) is 35.4 Å². The molecule has 1 atom stereocenters. The van der Waals surface area contributed by atoms with E-state index in [-0.39, 0.29) is 24.2 Å². The van der Waals surface area contributed by atoms with Gasteiger partial charge in [-0.1, -0.05) is 31.2 Å². The van der Waals surface area contributed by atoms with Crippen molar-refractivity contribution in [3.8, 4) is 0 Å². The summed E-state index contributed by atoms with van der Waals surface area (Å²) in [4.78, 5) is 11.7.